The van der Waals surface area contributed by atoms with Crippen LogP contribution in [0.25, 0.3) is 0 Å². The van der Waals surface area contributed by atoms with Crippen LogP contribution in [0.2, 0.25) is 0 Å². The number of hydrogen-bond donors (Lipinski definition) is 3. The lowest BCUT2D eigenvalue weighted by atomic mass is 10.1. The highest BCUT2D eigenvalue weighted by molar-refractivity contribution is 7.80. The normalized spacial score (nSPS) is 11.2. The lowest BCUT2D eigenvalue weighted by Gasteiger charge is -2.15. The molecule has 0 bridgehead atoms. The number of carbonyl (C=O) groups is 3. The number of para-hydroxylation sites is 1. The summed E-state index contributed by atoms with van der Waals surface area (Å²) in [6.07, 6.45) is 3.09. The lowest BCUT2D eigenvalue weighted by Crippen LogP contribution is -2.36. The number of ether oxygens (including phenoxy) is 1. The number of hydrogen-bond acceptors (Lipinski definition) is 5. The van der Waals surface area contributed by atoms with E-state index in [0.717, 1.165) is 19.3 Å². The van der Waals surface area contributed by atoms with Gasteiger partial charge >= 0.3 is 5.97 Å². The van der Waals surface area contributed by atoms with Gasteiger partial charge in [0.05, 0.1) is 17.9 Å². The number of anilines is 1. The number of nitrogens with one attached hydrogen (secondary N) is 3. The summed E-state index contributed by atoms with van der Waals surface area (Å²) in [6.45, 7) is 4.28. The van der Waals surface area contributed by atoms with Crippen molar-refractivity contribution in [3.05, 3.63) is 65.7 Å². The largest absolute Gasteiger partial charge is 0.466 e. The molecule has 0 aliphatic heterocycles. The standard InChI is InChI=1S/C26H33N3O4S/c1-3-19(2)27-25(32)21-14-7-8-15-22(21)28-26(34)29-23(30)16-9-17-24(31)33-18-10-13-20-11-5-4-6-12-20/h4-8,11-12,14-15,19H,3,9-10,13,16-18H2,1-2H3,(H,27,32)(H2,28,29,30,34). The van der Waals surface area contributed by atoms with E-state index in [2.05, 4.69) is 16.0 Å². The van der Waals surface area contributed by atoms with Crippen molar-refractivity contribution in [1.29, 1.82) is 0 Å². The van der Waals surface area contributed by atoms with Crippen LogP contribution in [0.15, 0.2) is 54.6 Å². The second kappa shape index (κ2) is 14.8. The zero-order valence-electron chi connectivity index (χ0n) is 19.8. The van der Waals surface area contributed by atoms with E-state index in [4.69, 9.17) is 17.0 Å². The fourth-order valence-corrected chi connectivity index (χ4v) is 3.33. The van der Waals surface area contributed by atoms with Gasteiger partial charge in [-0.2, -0.15) is 0 Å². The Hall–Kier alpha value is -3.26. The number of aryl methyl sites for hydroxylation is 1. The molecule has 7 nitrogen and oxygen atoms in total. The maximum atomic E-state index is 12.5. The van der Waals surface area contributed by atoms with Gasteiger partial charge in [-0.1, -0.05) is 49.4 Å². The third-order valence-electron chi connectivity index (χ3n) is 5.16. The SMILES string of the molecule is CCC(C)NC(=O)c1ccccc1NC(=S)NC(=O)CCCC(=O)OCCCc1ccccc1. The van der Waals surface area contributed by atoms with E-state index in [1.807, 2.05) is 44.2 Å². The summed E-state index contributed by atoms with van der Waals surface area (Å²) in [4.78, 5) is 36.5. The minimum absolute atomic E-state index is 0.0442. The summed E-state index contributed by atoms with van der Waals surface area (Å²) < 4.78 is 5.23. The van der Waals surface area contributed by atoms with Crippen molar-refractivity contribution in [1.82, 2.24) is 10.6 Å². The fraction of sp³-hybridized carbons (Fsp3) is 0.385. The fourth-order valence-electron chi connectivity index (χ4n) is 3.11. The molecular formula is C26H33N3O4S. The van der Waals surface area contributed by atoms with E-state index in [0.29, 0.717) is 24.3 Å². The Balaban J connectivity index is 1.67. The molecule has 0 aromatic heterocycles. The zero-order valence-corrected chi connectivity index (χ0v) is 20.6. The first-order valence-electron chi connectivity index (χ1n) is 11.6. The highest BCUT2D eigenvalue weighted by Crippen LogP contribution is 2.15. The van der Waals surface area contributed by atoms with Crippen LogP contribution < -0.4 is 16.0 Å². The van der Waals surface area contributed by atoms with Gasteiger partial charge in [0.1, 0.15) is 0 Å². The second-order valence-electron chi connectivity index (χ2n) is 7.99. The summed E-state index contributed by atoms with van der Waals surface area (Å²) in [5, 5.41) is 8.50. The molecule has 2 amide bonds. The molecule has 2 aromatic carbocycles. The Morgan fingerprint density at radius 1 is 0.971 bits per heavy atom. The van der Waals surface area contributed by atoms with Crippen molar-refractivity contribution in [3.8, 4) is 0 Å². The maximum absolute atomic E-state index is 12.5. The molecule has 0 radical (unpaired) electrons. The average Bonchev–Trinajstić information content (AvgIpc) is 2.82. The molecule has 34 heavy (non-hydrogen) atoms. The average molecular weight is 484 g/mol. The van der Waals surface area contributed by atoms with Gasteiger partial charge in [0, 0.05) is 18.9 Å². The van der Waals surface area contributed by atoms with E-state index < -0.39 is 0 Å². The molecule has 0 fully saturated rings. The highest BCUT2D eigenvalue weighted by Gasteiger charge is 2.14. The van der Waals surface area contributed by atoms with Crippen LogP contribution >= 0.6 is 12.2 Å². The minimum atomic E-state index is -0.317. The predicted molar refractivity (Wildman–Crippen MR) is 138 cm³/mol. The van der Waals surface area contributed by atoms with E-state index in [9.17, 15) is 14.4 Å². The highest BCUT2D eigenvalue weighted by atomic mass is 32.1. The molecule has 1 atom stereocenters. The molecule has 1 unspecified atom stereocenters. The topological polar surface area (TPSA) is 96.5 Å². The van der Waals surface area contributed by atoms with Crippen molar-refractivity contribution in [2.24, 2.45) is 0 Å². The lowest BCUT2D eigenvalue weighted by molar-refractivity contribution is -0.143. The number of thiocarbonyl (C=S) groups is 1. The minimum Gasteiger partial charge on any atom is -0.466 e. The monoisotopic (exact) mass is 483 g/mol. The van der Waals surface area contributed by atoms with Crippen LogP contribution in [-0.4, -0.2) is 35.5 Å². The van der Waals surface area contributed by atoms with Crippen LogP contribution in [0, 0.1) is 0 Å². The number of benzene rings is 2. The summed E-state index contributed by atoms with van der Waals surface area (Å²) in [5.74, 6) is -0.840. The third kappa shape index (κ3) is 10.1. The van der Waals surface area contributed by atoms with Crippen LogP contribution in [0.5, 0.6) is 0 Å². The van der Waals surface area contributed by atoms with Gasteiger partial charge in [0.15, 0.2) is 5.11 Å². The third-order valence-corrected chi connectivity index (χ3v) is 5.37. The van der Waals surface area contributed by atoms with Crippen molar-refractivity contribution in [2.75, 3.05) is 11.9 Å². The smallest absolute Gasteiger partial charge is 0.305 e. The molecule has 0 spiro atoms. The number of carbonyl (C=O) groups excluding carboxylic acids is 3. The predicted octanol–water partition coefficient (Wildman–Crippen LogP) is 4.37. The molecule has 2 aromatic rings. The summed E-state index contributed by atoms with van der Waals surface area (Å²) in [5.41, 5.74) is 2.15. The van der Waals surface area contributed by atoms with Crippen LogP contribution in [0.3, 0.4) is 0 Å². The van der Waals surface area contributed by atoms with Crippen LogP contribution in [0.4, 0.5) is 5.69 Å². The molecule has 3 N–H and O–H groups in total. The number of amides is 2. The molecule has 2 rings (SSSR count). The number of esters is 1. The second-order valence-corrected chi connectivity index (χ2v) is 8.40. The molecule has 8 heteroatoms. The molecule has 0 saturated heterocycles. The van der Waals surface area contributed by atoms with Crippen molar-refractivity contribution >= 4 is 40.8 Å². The quantitative estimate of drug-likeness (QED) is 0.236. The Kier molecular flexibility index (Phi) is 11.7. The Morgan fingerprint density at radius 3 is 2.41 bits per heavy atom. The Morgan fingerprint density at radius 2 is 1.68 bits per heavy atom. The van der Waals surface area contributed by atoms with Crippen molar-refractivity contribution in [2.45, 2.75) is 58.4 Å². The Labute approximate surface area is 206 Å². The molecule has 0 aliphatic rings. The summed E-state index contributed by atoms with van der Waals surface area (Å²) in [7, 11) is 0. The van der Waals surface area contributed by atoms with E-state index in [-0.39, 0.29) is 41.8 Å². The van der Waals surface area contributed by atoms with E-state index in [1.165, 1.54) is 5.56 Å². The first-order valence-corrected chi connectivity index (χ1v) is 12.0. The molecule has 182 valence electrons. The van der Waals surface area contributed by atoms with Gasteiger partial charge in [-0.25, -0.2) is 0 Å². The molecular weight excluding hydrogens is 450 g/mol. The Bertz CT molecular complexity index is 966. The van der Waals surface area contributed by atoms with Gasteiger partial charge < -0.3 is 20.7 Å². The van der Waals surface area contributed by atoms with Gasteiger partial charge in [-0.05, 0) is 62.5 Å². The van der Waals surface area contributed by atoms with Crippen molar-refractivity contribution < 1.29 is 19.1 Å². The molecule has 0 heterocycles. The number of rotatable bonds is 12. The van der Waals surface area contributed by atoms with Gasteiger partial charge in [0.2, 0.25) is 5.91 Å². The van der Waals surface area contributed by atoms with Gasteiger partial charge in [-0.3, -0.25) is 14.4 Å². The van der Waals surface area contributed by atoms with Gasteiger partial charge in [-0.15, -0.1) is 0 Å². The maximum Gasteiger partial charge on any atom is 0.305 e. The van der Waals surface area contributed by atoms with Gasteiger partial charge in [0.25, 0.3) is 5.91 Å². The van der Waals surface area contributed by atoms with Crippen molar-refractivity contribution in [3.63, 3.8) is 0 Å². The first kappa shape index (κ1) is 27.0. The summed E-state index contributed by atoms with van der Waals surface area (Å²) >= 11 is 5.22. The molecule has 0 saturated carbocycles. The van der Waals surface area contributed by atoms with E-state index >= 15 is 0 Å². The van der Waals surface area contributed by atoms with Crippen LogP contribution in [0.1, 0.15) is 61.9 Å². The summed E-state index contributed by atoms with van der Waals surface area (Å²) in [6, 6.07) is 17.0. The zero-order chi connectivity index (χ0) is 24.8. The van der Waals surface area contributed by atoms with Crippen LogP contribution in [-0.2, 0) is 20.7 Å². The van der Waals surface area contributed by atoms with E-state index in [1.54, 1.807) is 24.3 Å². The first-order chi connectivity index (χ1) is 16.4. The molecule has 0 aliphatic carbocycles.